The van der Waals surface area contributed by atoms with Gasteiger partial charge in [-0.15, -0.1) is 11.3 Å². The number of ether oxygens (including phenoxy) is 1. The summed E-state index contributed by atoms with van der Waals surface area (Å²) in [5.74, 6) is 1.27. The highest BCUT2D eigenvalue weighted by Gasteiger charge is 2.28. The van der Waals surface area contributed by atoms with E-state index in [0.29, 0.717) is 17.3 Å². The van der Waals surface area contributed by atoms with E-state index in [9.17, 15) is 4.79 Å². The van der Waals surface area contributed by atoms with Gasteiger partial charge < -0.3 is 15.8 Å². The third-order valence-corrected chi connectivity index (χ3v) is 3.67. The van der Waals surface area contributed by atoms with E-state index in [-0.39, 0.29) is 11.9 Å². The minimum Gasteiger partial charge on any atom is -0.496 e. The molecule has 1 amide bonds. The number of carbonyl (C=O) groups is 1. The summed E-state index contributed by atoms with van der Waals surface area (Å²) in [6.45, 7) is 0.559. The molecule has 1 fully saturated rings. The van der Waals surface area contributed by atoms with Gasteiger partial charge in [0.1, 0.15) is 5.75 Å². The number of methoxy groups -OCH3 is 1. The largest absolute Gasteiger partial charge is 0.496 e. The van der Waals surface area contributed by atoms with E-state index in [0.717, 1.165) is 5.75 Å². The van der Waals surface area contributed by atoms with Gasteiger partial charge in [-0.05, 0) is 18.8 Å². The van der Waals surface area contributed by atoms with Crippen LogP contribution in [-0.2, 0) is 0 Å². The predicted octanol–water partition coefficient (Wildman–Crippen LogP) is 1.22. The Hall–Kier alpha value is -1.07. The Balaban J connectivity index is 1.82. The van der Waals surface area contributed by atoms with Crippen molar-refractivity contribution in [1.29, 1.82) is 0 Å². The van der Waals surface area contributed by atoms with Gasteiger partial charge in [-0.3, -0.25) is 4.79 Å². The van der Waals surface area contributed by atoms with Gasteiger partial charge in [0.05, 0.1) is 12.0 Å². The summed E-state index contributed by atoms with van der Waals surface area (Å²) in [7, 11) is 1.59. The molecule has 4 nitrogen and oxygen atoms in total. The standard InChI is InChI=1S/C11H16N2O2S/c1-15-8-4-10(16-6-8)11(14)13-5-9(12)7-2-3-7/h4,6-7,9H,2-3,5,12H2,1H3,(H,13,14). The second-order valence-electron chi connectivity index (χ2n) is 4.06. The third-order valence-electron chi connectivity index (χ3n) is 2.76. The van der Waals surface area contributed by atoms with Crippen LogP contribution < -0.4 is 15.8 Å². The fraction of sp³-hybridized carbons (Fsp3) is 0.545. The van der Waals surface area contributed by atoms with E-state index in [1.54, 1.807) is 13.2 Å². The quantitative estimate of drug-likeness (QED) is 0.813. The molecular formula is C11H16N2O2S. The zero-order valence-corrected chi connectivity index (χ0v) is 10.0. The van der Waals surface area contributed by atoms with Crippen LogP contribution in [0, 0.1) is 5.92 Å². The van der Waals surface area contributed by atoms with Crippen LogP contribution in [0.4, 0.5) is 0 Å². The van der Waals surface area contributed by atoms with E-state index in [1.807, 2.05) is 5.38 Å². The first kappa shape index (κ1) is 11.4. The van der Waals surface area contributed by atoms with Gasteiger partial charge in [0, 0.05) is 24.0 Å². The fourth-order valence-corrected chi connectivity index (χ4v) is 2.30. The number of amides is 1. The molecule has 0 aromatic carbocycles. The Morgan fingerprint density at radius 3 is 3.06 bits per heavy atom. The smallest absolute Gasteiger partial charge is 0.261 e. The van der Waals surface area contributed by atoms with Gasteiger partial charge >= 0.3 is 0 Å². The minimum atomic E-state index is -0.0654. The van der Waals surface area contributed by atoms with Crippen molar-refractivity contribution in [3.05, 3.63) is 16.3 Å². The molecular weight excluding hydrogens is 224 g/mol. The lowest BCUT2D eigenvalue weighted by Crippen LogP contribution is -2.38. The summed E-state index contributed by atoms with van der Waals surface area (Å²) in [5, 5.41) is 4.66. The molecule has 0 spiro atoms. The first-order valence-electron chi connectivity index (χ1n) is 5.37. The second kappa shape index (κ2) is 4.84. The Morgan fingerprint density at radius 1 is 1.75 bits per heavy atom. The molecule has 1 heterocycles. The van der Waals surface area contributed by atoms with E-state index >= 15 is 0 Å². The topological polar surface area (TPSA) is 64.3 Å². The van der Waals surface area contributed by atoms with Crippen molar-refractivity contribution in [2.75, 3.05) is 13.7 Å². The van der Waals surface area contributed by atoms with Gasteiger partial charge in [-0.1, -0.05) is 0 Å². The fourth-order valence-electron chi connectivity index (χ4n) is 1.53. The summed E-state index contributed by atoms with van der Waals surface area (Å²) >= 11 is 1.38. The third kappa shape index (κ3) is 2.74. The SMILES string of the molecule is COc1csc(C(=O)NCC(N)C2CC2)c1. The van der Waals surface area contributed by atoms with Gasteiger partial charge in [-0.25, -0.2) is 0 Å². The monoisotopic (exact) mass is 240 g/mol. The number of thiophene rings is 1. The summed E-state index contributed by atoms with van der Waals surface area (Å²) in [6.07, 6.45) is 2.40. The van der Waals surface area contributed by atoms with Crippen molar-refractivity contribution >= 4 is 17.2 Å². The van der Waals surface area contributed by atoms with E-state index < -0.39 is 0 Å². The van der Waals surface area contributed by atoms with Crippen molar-refractivity contribution in [2.24, 2.45) is 11.7 Å². The molecule has 1 atom stereocenters. The van der Waals surface area contributed by atoms with Crippen molar-refractivity contribution in [3.8, 4) is 5.75 Å². The molecule has 1 aliphatic carbocycles. The van der Waals surface area contributed by atoms with E-state index in [2.05, 4.69) is 5.32 Å². The summed E-state index contributed by atoms with van der Waals surface area (Å²) < 4.78 is 5.02. The summed E-state index contributed by atoms with van der Waals surface area (Å²) in [6, 6.07) is 1.84. The average Bonchev–Trinajstić information content (AvgIpc) is 3.03. The Bertz CT molecular complexity index is 374. The lowest BCUT2D eigenvalue weighted by Gasteiger charge is -2.10. The van der Waals surface area contributed by atoms with Crippen LogP contribution in [0.25, 0.3) is 0 Å². The van der Waals surface area contributed by atoms with Crippen LogP contribution >= 0.6 is 11.3 Å². The first-order chi connectivity index (χ1) is 7.70. The maximum Gasteiger partial charge on any atom is 0.261 e. The minimum absolute atomic E-state index is 0.0654. The lowest BCUT2D eigenvalue weighted by atomic mass is 10.2. The summed E-state index contributed by atoms with van der Waals surface area (Å²) in [5.41, 5.74) is 5.90. The Morgan fingerprint density at radius 2 is 2.50 bits per heavy atom. The molecule has 2 rings (SSSR count). The molecule has 1 saturated carbocycles. The molecule has 3 N–H and O–H groups in total. The molecule has 1 aromatic rings. The van der Waals surface area contributed by atoms with Crippen LogP contribution in [0.3, 0.4) is 0 Å². The number of carbonyl (C=O) groups excluding carboxylic acids is 1. The molecule has 0 aliphatic heterocycles. The van der Waals surface area contributed by atoms with Gasteiger partial charge in [0.15, 0.2) is 0 Å². The zero-order chi connectivity index (χ0) is 11.5. The van der Waals surface area contributed by atoms with Crippen LogP contribution in [0.2, 0.25) is 0 Å². The Kier molecular flexibility index (Phi) is 3.46. The maximum absolute atomic E-state index is 11.7. The van der Waals surface area contributed by atoms with Crippen molar-refractivity contribution in [2.45, 2.75) is 18.9 Å². The number of nitrogens with one attached hydrogen (secondary N) is 1. The molecule has 0 radical (unpaired) electrons. The van der Waals surface area contributed by atoms with Crippen LogP contribution in [0.1, 0.15) is 22.5 Å². The highest BCUT2D eigenvalue weighted by molar-refractivity contribution is 7.12. The van der Waals surface area contributed by atoms with E-state index in [1.165, 1.54) is 24.2 Å². The molecule has 5 heteroatoms. The predicted molar refractivity (Wildman–Crippen MR) is 63.9 cm³/mol. The zero-order valence-electron chi connectivity index (χ0n) is 9.23. The molecule has 1 aromatic heterocycles. The van der Waals surface area contributed by atoms with Gasteiger partial charge in [0.2, 0.25) is 0 Å². The normalized spacial score (nSPS) is 16.9. The van der Waals surface area contributed by atoms with Crippen LogP contribution in [0.15, 0.2) is 11.4 Å². The molecule has 88 valence electrons. The van der Waals surface area contributed by atoms with Gasteiger partial charge in [-0.2, -0.15) is 0 Å². The molecule has 16 heavy (non-hydrogen) atoms. The van der Waals surface area contributed by atoms with Crippen molar-refractivity contribution in [1.82, 2.24) is 5.32 Å². The lowest BCUT2D eigenvalue weighted by molar-refractivity contribution is 0.0954. The number of hydrogen-bond acceptors (Lipinski definition) is 4. The van der Waals surface area contributed by atoms with Gasteiger partial charge in [0.25, 0.3) is 5.91 Å². The number of nitrogens with two attached hydrogens (primary N) is 1. The maximum atomic E-state index is 11.7. The Labute approximate surface area is 98.8 Å². The highest BCUT2D eigenvalue weighted by atomic mass is 32.1. The van der Waals surface area contributed by atoms with Crippen LogP contribution in [-0.4, -0.2) is 25.6 Å². The van der Waals surface area contributed by atoms with Crippen molar-refractivity contribution in [3.63, 3.8) is 0 Å². The molecule has 1 unspecified atom stereocenters. The first-order valence-corrected chi connectivity index (χ1v) is 6.25. The molecule has 1 aliphatic rings. The van der Waals surface area contributed by atoms with Crippen molar-refractivity contribution < 1.29 is 9.53 Å². The molecule has 0 bridgehead atoms. The summed E-state index contributed by atoms with van der Waals surface area (Å²) in [4.78, 5) is 12.4. The number of rotatable bonds is 5. The van der Waals surface area contributed by atoms with Crippen LogP contribution in [0.5, 0.6) is 5.75 Å². The average molecular weight is 240 g/mol. The second-order valence-corrected chi connectivity index (χ2v) is 4.97. The van der Waals surface area contributed by atoms with E-state index in [4.69, 9.17) is 10.5 Å². The molecule has 0 saturated heterocycles. The number of hydrogen-bond donors (Lipinski definition) is 2. The highest BCUT2D eigenvalue weighted by Crippen LogP contribution is 2.31.